The Labute approximate surface area is 103 Å². The summed E-state index contributed by atoms with van der Waals surface area (Å²) < 4.78 is 0. The maximum atomic E-state index is 9.68. The lowest BCUT2D eigenvalue weighted by atomic mass is 9.83. The normalized spacial score (nSPS) is 24.8. The summed E-state index contributed by atoms with van der Waals surface area (Å²) >= 11 is 0. The Bertz CT molecular complexity index is 354. The second-order valence-corrected chi connectivity index (χ2v) is 5.26. The van der Waals surface area contributed by atoms with Crippen molar-refractivity contribution in [3.8, 4) is 0 Å². The predicted octanol–water partition coefficient (Wildman–Crippen LogP) is 1.00. The summed E-state index contributed by atoms with van der Waals surface area (Å²) in [6.45, 7) is 4.65. The lowest BCUT2D eigenvalue weighted by Gasteiger charge is -2.32. The van der Waals surface area contributed by atoms with Crippen LogP contribution in [0.3, 0.4) is 0 Å². The predicted molar refractivity (Wildman–Crippen MR) is 67.9 cm³/mol. The number of benzene rings is 1. The molecule has 1 aliphatic heterocycles. The van der Waals surface area contributed by atoms with Gasteiger partial charge in [0.25, 0.3) is 0 Å². The molecule has 1 saturated heterocycles. The summed E-state index contributed by atoms with van der Waals surface area (Å²) in [6, 6.07) is 10.1. The zero-order chi connectivity index (χ0) is 12.3. The van der Waals surface area contributed by atoms with Crippen LogP contribution in [0.1, 0.15) is 18.9 Å². The summed E-state index contributed by atoms with van der Waals surface area (Å²) in [5.74, 6) is 0. The SMILES string of the molecule is CC(CO)(CN1CCC(O)C1)c1ccccc1. The number of rotatable bonds is 4. The van der Waals surface area contributed by atoms with Crippen molar-refractivity contribution in [3.63, 3.8) is 0 Å². The molecule has 0 radical (unpaired) electrons. The molecule has 1 fully saturated rings. The molecule has 2 N–H and O–H groups in total. The summed E-state index contributed by atoms with van der Waals surface area (Å²) in [5, 5.41) is 19.2. The van der Waals surface area contributed by atoms with Gasteiger partial charge in [-0.2, -0.15) is 0 Å². The standard InChI is InChI=1S/C14H21NO2/c1-14(11-16,12-5-3-2-4-6-12)10-15-8-7-13(17)9-15/h2-6,13,16-17H,7-11H2,1H3. The third-order valence-electron chi connectivity index (χ3n) is 3.64. The van der Waals surface area contributed by atoms with E-state index in [4.69, 9.17) is 0 Å². The van der Waals surface area contributed by atoms with E-state index in [1.165, 1.54) is 0 Å². The van der Waals surface area contributed by atoms with Gasteiger partial charge >= 0.3 is 0 Å². The van der Waals surface area contributed by atoms with Crippen molar-refractivity contribution in [2.75, 3.05) is 26.2 Å². The Morgan fingerprint density at radius 1 is 1.35 bits per heavy atom. The molecular formula is C14H21NO2. The van der Waals surface area contributed by atoms with Gasteiger partial charge in [0, 0.05) is 25.0 Å². The van der Waals surface area contributed by atoms with Crippen LogP contribution in [0.25, 0.3) is 0 Å². The van der Waals surface area contributed by atoms with Gasteiger partial charge in [-0.15, -0.1) is 0 Å². The molecule has 17 heavy (non-hydrogen) atoms. The van der Waals surface area contributed by atoms with Gasteiger partial charge in [0.2, 0.25) is 0 Å². The Kier molecular flexibility index (Phi) is 3.82. The highest BCUT2D eigenvalue weighted by atomic mass is 16.3. The third-order valence-corrected chi connectivity index (χ3v) is 3.64. The Balaban J connectivity index is 2.09. The van der Waals surface area contributed by atoms with Crippen molar-refractivity contribution >= 4 is 0 Å². The summed E-state index contributed by atoms with van der Waals surface area (Å²) in [6.07, 6.45) is 0.643. The molecule has 0 amide bonds. The molecule has 1 aromatic rings. The molecule has 1 aliphatic rings. The van der Waals surface area contributed by atoms with E-state index in [2.05, 4.69) is 24.0 Å². The van der Waals surface area contributed by atoms with Crippen LogP contribution in [0.4, 0.5) is 0 Å². The van der Waals surface area contributed by atoms with Crippen molar-refractivity contribution in [1.82, 2.24) is 4.90 Å². The quantitative estimate of drug-likeness (QED) is 0.818. The fourth-order valence-corrected chi connectivity index (χ4v) is 2.52. The van der Waals surface area contributed by atoms with Crippen LogP contribution >= 0.6 is 0 Å². The molecule has 2 rings (SSSR count). The highest BCUT2D eigenvalue weighted by Crippen LogP contribution is 2.26. The molecule has 1 heterocycles. The topological polar surface area (TPSA) is 43.7 Å². The van der Waals surface area contributed by atoms with Crippen molar-refractivity contribution in [1.29, 1.82) is 0 Å². The van der Waals surface area contributed by atoms with Gasteiger partial charge in [-0.1, -0.05) is 37.3 Å². The maximum absolute atomic E-state index is 9.68. The van der Waals surface area contributed by atoms with Gasteiger partial charge in [0.05, 0.1) is 12.7 Å². The minimum absolute atomic E-state index is 0.129. The number of aliphatic hydroxyl groups excluding tert-OH is 2. The average Bonchev–Trinajstić information content (AvgIpc) is 2.75. The van der Waals surface area contributed by atoms with Crippen molar-refractivity contribution in [2.24, 2.45) is 0 Å². The van der Waals surface area contributed by atoms with Gasteiger partial charge in [-0.25, -0.2) is 0 Å². The number of nitrogens with zero attached hydrogens (tertiary/aromatic N) is 1. The smallest absolute Gasteiger partial charge is 0.0679 e. The highest BCUT2D eigenvalue weighted by molar-refractivity contribution is 5.25. The van der Waals surface area contributed by atoms with Gasteiger partial charge in [0.15, 0.2) is 0 Å². The largest absolute Gasteiger partial charge is 0.395 e. The number of β-amino-alcohol motifs (C(OH)–C–C–N with tert-alkyl or cyclic N) is 1. The minimum Gasteiger partial charge on any atom is -0.395 e. The lowest BCUT2D eigenvalue weighted by Crippen LogP contribution is -2.40. The van der Waals surface area contributed by atoms with Crippen molar-refractivity contribution in [3.05, 3.63) is 35.9 Å². The molecular weight excluding hydrogens is 214 g/mol. The van der Waals surface area contributed by atoms with Crippen LogP contribution in [-0.4, -0.2) is 47.5 Å². The molecule has 94 valence electrons. The number of hydrogen-bond donors (Lipinski definition) is 2. The third kappa shape index (κ3) is 2.86. The van der Waals surface area contributed by atoms with E-state index in [0.717, 1.165) is 31.6 Å². The fraction of sp³-hybridized carbons (Fsp3) is 0.571. The Morgan fingerprint density at radius 2 is 2.06 bits per heavy atom. The van der Waals surface area contributed by atoms with E-state index in [0.29, 0.717) is 0 Å². The van der Waals surface area contributed by atoms with E-state index >= 15 is 0 Å². The van der Waals surface area contributed by atoms with Crippen LogP contribution in [0.15, 0.2) is 30.3 Å². The summed E-state index contributed by atoms with van der Waals surface area (Å²) in [4.78, 5) is 2.23. The first-order valence-electron chi connectivity index (χ1n) is 6.21. The second-order valence-electron chi connectivity index (χ2n) is 5.26. The van der Waals surface area contributed by atoms with Crippen molar-refractivity contribution < 1.29 is 10.2 Å². The monoisotopic (exact) mass is 235 g/mol. The van der Waals surface area contributed by atoms with E-state index in [-0.39, 0.29) is 18.1 Å². The number of likely N-dealkylation sites (tertiary alicyclic amines) is 1. The average molecular weight is 235 g/mol. The first-order valence-corrected chi connectivity index (χ1v) is 6.21. The maximum Gasteiger partial charge on any atom is 0.0679 e. The van der Waals surface area contributed by atoms with Crippen LogP contribution in [0.5, 0.6) is 0 Å². The van der Waals surface area contributed by atoms with E-state index in [9.17, 15) is 10.2 Å². The number of aliphatic hydroxyl groups is 2. The van der Waals surface area contributed by atoms with E-state index in [1.807, 2.05) is 18.2 Å². The first kappa shape index (κ1) is 12.6. The van der Waals surface area contributed by atoms with E-state index < -0.39 is 0 Å². The first-order chi connectivity index (χ1) is 8.14. The van der Waals surface area contributed by atoms with Gasteiger partial charge in [0.1, 0.15) is 0 Å². The van der Waals surface area contributed by atoms with Gasteiger partial charge in [-0.05, 0) is 12.0 Å². The molecule has 1 aromatic carbocycles. The molecule has 0 aromatic heterocycles. The summed E-state index contributed by atoms with van der Waals surface area (Å²) in [5.41, 5.74) is 0.912. The molecule has 0 bridgehead atoms. The fourth-order valence-electron chi connectivity index (χ4n) is 2.52. The Morgan fingerprint density at radius 3 is 2.59 bits per heavy atom. The van der Waals surface area contributed by atoms with Crippen LogP contribution in [0, 0.1) is 0 Å². The van der Waals surface area contributed by atoms with Crippen molar-refractivity contribution in [2.45, 2.75) is 24.9 Å². The highest BCUT2D eigenvalue weighted by Gasteiger charge is 2.31. The van der Waals surface area contributed by atoms with Crippen LogP contribution < -0.4 is 0 Å². The molecule has 3 nitrogen and oxygen atoms in total. The molecule has 2 atom stereocenters. The van der Waals surface area contributed by atoms with Crippen LogP contribution in [0.2, 0.25) is 0 Å². The number of hydrogen-bond acceptors (Lipinski definition) is 3. The van der Waals surface area contributed by atoms with Gasteiger partial charge in [-0.3, -0.25) is 4.90 Å². The summed E-state index contributed by atoms with van der Waals surface area (Å²) in [7, 11) is 0. The molecule has 3 heteroatoms. The zero-order valence-electron chi connectivity index (χ0n) is 10.3. The van der Waals surface area contributed by atoms with Gasteiger partial charge < -0.3 is 10.2 Å². The molecule has 0 aliphatic carbocycles. The molecule has 0 saturated carbocycles. The minimum atomic E-state index is -0.245. The van der Waals surface area contributed by atoms with E-state index in [1.54, 1.807) is 0 Å². The molecule has 0 spiro atoms. The van der Waals surface area contributed by atoms with Crippen LogP contribution in [-0.2, 0) is 5.41 Å². The Hall–Kier alpha value is -0.900. The molecule has 2 unspecified atom stereocenters. The second kappa shape index (κ2) is 5.17. The zero-order valence-corrected chi connectivity index (χ0v) is 10.3. The lowest BCUT2D eigenvalue weighted by molar-refractivity contribution is 0.138.